The zero-order valence-electron chi connectivity index (χ0n) is 13.4. The van der Waals surface area contributed by atoms with Crippen molar-refractivity contribution in [2.45, 2.75) is 25.9 Å². The number of amides is 3. The van der Waals surface area contributed by atoms with E-state index in [4.69, 9.17) is 0 Å². The number of aryl methyl sites for hydroxylation is 1. The van der Waals surface area contributed by atoms with E-state index in [1.54, 1.807) is 13.1 Å². The SMILES string of the molecule is CCNC(=O)NC(=O)CSc1nccn1-c1cccc(C)c1C. The van der Waals surface area contributed by atoms with Crippen LogP contribution in [0.15, 0.2) is 35.7 Å². The van der Waals surface area contributed by atoms with Gasteiger partial charge in [0.25, 0.3) is 0 Å². The lowest BCUT2D eigenvalue weighted by Gasteiger charge is -2.12. The third-order valence-electron chi connectivity index (χ3n) is 3.37. The van der Waals surface area contributed by atoms with Gasteiger partial charge >= 0.3 is 6.03 Å². The molecule has 0 unspecified atom stereocenters. The second-order valence-electron chi connectivity index (χ2n) is 5.00. The Hall–Kier alpha value is -2.28. The number of carbonyl (C=O) groups excluding carboxylic acids is 2. The molecule has 0 atom stereocenters. The van der Waals surface area contributed by atoms with Gasteiger partial charge in [0.05, 0.1) is 11.4 Å². The molecule has 0 bridgehead atoms. The van der Waals surface area contributed by atoms with Crippen LogP contribution in [0.25, 0.3) is 5.69 Å². The Morgan fingerprint density at radius 2 is 2.09 bits per heavy atom. The summed E-state index contributed by atoms with van der Waals surface area (Å²) in [7, 11) is 0. The molecule has 6 nitrogen and oxygen atoms in total. The van der Waals surface area contributed by atoms with Gasteiger partial charge in [0.1, 0.15) is 0 Å². The molecule has 3 amide bonds. The van der Waals surface area contributed by atoms with Crippen molar-refractivity contribution in [3.05, 3.63) is 41.7 Å². The maximum Gasteiger partial charge on any atom is 0.321 e. The van der Waals surface area contributed by atoms with Gasteiger partial charge in [0.15, 0.2) is 5.16 Å². The summed E-state index contributed by atoms with van der Waals surface area (Å²) in [6.45, 7) is 6.38. The molecule has 2 rings (SSSR count). The van der Waals surface area contributed by atoms with E-state index in [-0.39, 0.29) is 11.7 Å². The zero-order valence-corrected chi connectivity index (χ0v) is 14.2. The van der Waals surface area contributed by atoms with E-state index in [1.807, 2.05) is 22.9 Å². The van der Waals surface area contributed by atoms with Gasteiger partial charge in [-0.25, -0.2) is 9.78 Å². The summed E-state index contributed by atoms with van der Waals surface area (Å²) in [5.74, 6) is -0.226. The predicted molar refractivity (Wildman–Crippen MR) is 91.0 cm³/mol. The molecule has 0 spiro atoms. The lowest BCUT2D eigenvalue weighted by molar-refractivity contribution is -0.117. The van der Waals surface area contributed by atoms with Gasteiger partial charge in [0.2, 0.25) is 5.91 Å². The molecule has 0 radical (unpaired) electrons. The fraction of sp³-hybridized carbons (Fsp3) is 0.312. The number of imide groups is 1. The summed E-state index contributed by atoms with van der Waals surface area (Å²) >= 11 is 1.29. The number of aromatic nitrogens is 2. The Morgan fingerprint density at radius 1 is 1.30 bits per heavy atom. The number of hydrogen-bond donors (Lipinski definition) is 2. The van der Waals surface area contributed by atoms with Crippen LogP contribution in [-0.4, -0.2) is 33.8 Å². The number of nitrogens with zero attached hydrogens (tertiary/aromatic N) is 2. The monoisotopic (exact) mass is 332 g/mol. The first-order valence-electron chi connectivity index (χ1n) is 7.33. The number of hydrogen-bond acceptors (Lipinski definition) is 4. The minimum atomic E-state index is -0.476. The predicted octanol–water partition coefficient (Wildman–Crippen LogP) is 2.43. The van der Waals surface area contributed by atoms with E-state index in [9.17, 15) is 9.59 Å². The van der Waals surface area contributed by atoms with Crippen molar-refractivity contribution >= 4 is 23.7 Å². The van der Waals surface area contributed by atoms with Gasteiger partial charge in [-0.2, -0.15) is 0 Å². The number of imidazole rings is 1. The van der Waals surface area contributed by atoms with Crippen LogP contribution in [0.3, 0.4) is 0 Å². The van der Waals surface area contributed by atoms with Crippen LogP contribution in [0.2, 0.25) is 0 Å². The van der Waals surface area contributed by atoms with Gasteiger partial charge < -0.3 is 5.32 Å². The maximum atomic E-state index is 11.8. The molecule has 0 aliphatic carbocycles. The summed E-state index contributed by atoms with van der Waals surface area (Å²) in [5.41, 5.74) is 3.40. The summed E-state index contributed by atoms with van der Waals surface area (Å²) in [5, 5.41) is 5.51. The number of carbonyl (C=O) groups is 2. The first-order valence-corrected chi connectivity index (χ1v) is 8.32. The van der Waals surface area contributed by atoms with Gasteiger partial charge in [-0.05, 0) is 38.0 Å². The van der Waals surface area contributed by atoms with Crippen molar-refractivity contribution < 1.29 is 9.59 Å². The highest BCUT2D eigenvalue weighted by molar-refractivity contribution is 7.99. The van der Waals surface area contributed by atoms with Gasteiger partial charge in [-0.3, -0.25) is 14.7 Å². The Morgan fingerprint density at radius 3 is 2.83 bits per heavy atom. The summed E-state index contributed by atoms with van der Waals surface area (Å²) < 4.78 is 1.95. The van der Waals surface area contributed by atoms with Crippen LogP contribution in [0, 0.1) is 13.8 Å². The van der Waals surface area contributed by atoms with Crippen molar-refractivity contribution in [1.29, 1.82) is 0 Å². The van der Waals surface area contributed by atoms with Crippen LogP contribution in [-0.2, 0) is 4.79 Å². The molecule has 1 heterocycles. The van der Waals surface area contributed by atoms with E-state index in [1.165, 1.54) is 22.9 Å². The molecular formula is C16H20N4O2S. The highest BCUT2D eigenvalue weighted by Gasteiger charge is 2.12. The van der Waals surface area contributed by atoms with Gasteiger partial charge in [-0.1, -0.05) is 23.9 Å². The number of benzene rings is 1. The van der Waals surface area contributed by atoms with Crippen LogP contribution in [0.5, 0.6) is 0 Å². The molecule has 0 saturated heterocycles. The molecule has 0 aliphatic heterocycles. The first-order chi connectivity index (χ1) is 11.0. The minimum Gasteiger partial charge on any atom is -0.338 e. The van der Waals surface area contributed by atoms with Crippen LogP contribution < -0.4 is 10.6 Å². The average Bonchev–Trinajstić information content (AvgIpc) is 2.96. The number of nitrogens with one attached hydrogen (secondary N) is 2. The van der Waals surface area contributed by atoms with Crippen LogP contribution >= 0.6 is 11.8 Å². The fourth-order valence-corrected chi connectivity index (χ4v) is 2.84. The van der Waals surface area contributed by atoms with Crippen molar-refractivity contribution in [3.63, 3.8) is 0 Å². The normalized spacial score (nSPS) is 10.4. The molecule has 1 aromatic heterocycles. The number of rotatable bonds is 5. The smallest absolute Gasteiger partial charge is 0.321 e. The van der Waals surface area contributed by atoms with Gasteiger partial charge in [0, 0.05) is 18.9 Å². The Balaban J connectivity index is 2.06. The number of thioether (sulfide) groups is 1. The summed E-state index contributed by atoms with van der Waals surface area (Å²) in [4.78, 5) is 27.4. The lowest BCUT2D eigenvalue weighted by Crippen LogP contribution is -2.40. The third kappa shape index (κ3) is 4.35. The topological polar surface area (TPSA) is 76.0 Å². The molecular weight excluding hydrogens is 312 g/mol. The first kappa shape index (κ1) is 17.1. The number of urea groups is 1. The maximum absolute atomic E-state index is 11.8. The Bertz CT molecular complexity index is 712. The molecule has 7 heteroatoms. The second-order valence-corrected chi connectivity index (χ2v) is 5.94. The zero-order chi connectivity index (χ0) is 16.8. The third-order valence-corrected chi connectivity index (χ3v) is 4.33. The Labute approximate surface area is 139 Å². The largest absolute Gasteiger partial charge is 0.338 e. The standard InChI is InChI=1S/C16H20N4O2S/c1-4-17-15(22)19-14(21)10-23-16-18-8-9-20(16)13-7-5-6-11(2)12(13)3/h5-9H,4,10H2,1-3H3,(H2,17,19,21,22). The van der Waals surface area contributed by atoms with Crippen molar-refractivity contribution in [1.82, 2.24) is 20.2 Å². The van der Waals surface area contributed by atoms with E-state index < -0.39 is 6.03 Å². The fourth-order valence-electron chi connectivity index (χ4n) is 2.07. The van der Waals surface area contributed by atoms with E-state index >= 15 is 0 Å². The summed E-state index contributed by atoms with van der Waals surface area (Å²) in [6, 6.07) is 5.59. The molecule has 0 saturated carbocycles. The highest BCUT2D eigenvalue weighted by atomic mass is 32.2. The molecule has 122 valence electrons. The molecule has 23 heavy (non-hydrogen) atoms. The van der Waals surface area contributed by atoms with Crippen molar-refractivity contribution in [2.75, 3.05) is 12.3 Å². The van der Waals surface area contributed by atoms with Crippen LogP contribution in [0.4, 0.5) is 4.79 Å². The van der Waals surface area contributed by atoms with Gasteiger partial charge in [-0.15, -0.1) is 0 Å². The average molecular weight is 332 g/mol. The lowest BCUT2D eigenvalue weighted by atomic mass is 10.1. The molecule has 2 N–H and O–H groups in total. The minimum absolute atomic E-state index is 0.124. The molecule has 2 aromatic rings. The van der Waals surface area contributed by atoms with Crippen molar-refractivity contribution in [2.24, 2.45) is 0 Å². The van der Waals surface area contributed by atoms with E-state index in [2.05, 4.69) is 35.5 Å². The van der Waals surface area contributed by atoms with Crippen molar-refractivity contribution in [3.8, 4) is 5.69 Å². The molecule has 1 aromatic carbocycles. The molecule has 0 aliphatic rings. The second kappa shape index (κ2) is 7.82. The van der Waals surface area contributed by atoms with E-state index in [0.717, 1.165) is 5.69 Å². The van der Waals surface area contributed by atoms with Crippen LogP contribution in [0.1, 0.15) is 18.1 Å². The highest BCUT2D eigenvalue weighted by Crippen LogP contribution is 2.24. The quantitative estimate of drug-likeness (QED) is 0.825. The van der Waals surface area contributed by atoms with E-state index in [0.29, 0.717) is 11.7 Å². The molecule has 0 fully saturated rings. The summed E-state index contributed by atoms with van der Waals surface area (Å²) in [6.07, 6.45) is 3.57. The Kier molecular flexibility index (Phi) is 5.81.